The zero-order valence-electron chi connectivity index (χ0n) is 14.9. The zero-order valence-corrected chi connectivity index (χ0v) is 14.9. The predicted molar refractivity (Wildman–Crippen MR) is 97.8 cm³/mol. The number of hydrogen-bond acceptors (Lipinski definition) is 3. The molecule has 0 aliphatic rings. The molecule has 2 aromatic carbocycles. The molecule has 0 spiro atoms. The van der Waals surface area contributed by atoms with Crippen LogP contribution in [0.5, 0.6) is 5.75 Å². The van der Waals surface area contributed by atoms with Gasteiger partial charge in [0.05, 0.1) is 6.21 Å². The summed E-state index contributed by atoms with van der Waals surface area (Å²) >= 11 is 0. The van der Waals surface area contributed by atoms with Gasteiger partial charge in [0.15, 0.2) is 6.61 Å². The first-order chi connectivity index (χ1) is 11.3. The fourth-order valence-electron chi connectivity index (χ4n) is 2.76. The highest BCUT2D eigenvalue weighted by Gasteiger charge is 2.04. The SMILES string of the molecule is Cc1cc(C)cc(OCC(=O)N/N=C\c2c(C)cc(C)cc2C)c1. The van der Waals surface area contributed by atoms with Crippen molar-refractivity contribution in [3.63, 3.8) is 0 Å². The van der Waals surface area contributed by atoms with Crippen molar-refractivity contribution >= 4 is 12.1 Å². The van der Waals surface area contributed by atoms with E-state index in [1.807, 2.05) is 39.8 Å². The molecule has 1 N–H and O–H groups in total. The van der Waals surface area contributed by atoms with Crippen LogP contribution in [0, 0.1) is 34.6 Å². The van der Waals surface area contributed by atoms with E-state index in [9.17, 15) is 4.79 Å². The van der Waals surface area contributed by atoms with E-state index in [-0.39, 0.29) is 12.5 Å². The molecule has 0 unspecified atom stereocenters. The first-order valence-electron chi connectivity index (χ1n) is 7.96. The standard InChI is InChI=1S/C20H24N2O2/c1-13-6-14(2)10-18(9-13)24-12-20(23)22-21-11-19-16(4)7-15(3)8-17(19)5/h6-11H,12H2,1-5H3,(H,22,23)/b21-11-. The van der Waals surface area contributed by atoms with Gasteiger partial charge in [0.1, 0.15) is 5.75 Å². The van der Waals surface area contributed by atoms with Crippen LogP contribution in [0.25, 0.3) is 0 Å². The van der Waals surface area contributed by atoms with Crippen molar-refractivity contribution in [2.45, 2.75) is 34.6 Å². The maximum absolute atomic E-state index is 11.9. The van der Waals surface area contributed by atoms with Crippen molar-refractivity contribution in [2.24, 2.45) is 5.10 Å². The summed E-state index contributed by atoms with van der Waals surface area (Å²) in [4.78, 5) is 11.9. The first kappa shape index (κ1) is 17.7. The minimum atomic E-state index is -0.284. The second-order valence-corrected chi connectivity index (χ2v) is 6.22. The predicted octanol–water partition coefficient (Wildman–Crippen LogP) is 3.76. The Morgan fingerprint density at radius 1 is 0.958 bits per heavy atom. The van der Waals surface area contributed by atoms with Gasteiger partial charge in [-0.1, -0.05) is 23.8 Å². The molecule has 24 heavy (non-hydrogen) atoms. The van der Waals surface area contributed by atoms with Crippen LogP contribution in [-0.4, -0.2) is 18.7 Å². The maximum Gasteiger partial charge on any atom is 0.277 e. The van der Waals surface area contributed by atoms with Crippen LogP contribution in [0.4, 0.5) is 0 Å². The molecule has 0 heterocycles. The van der Waals surface area contributed by atoms with Crippen LogP contribution in [-0.2, 0) is 4.79 Å². The number of nitrogens with one attached hydrogen (secondary N) is 1. The molecule has 0 radical (unpaired) electrons. The molecular weight excluding hydrogens is 300 g/mol. The molecule has 126 valence electrons. The highest BCUT2D eigenvalue weighted by Crippen LogP contribution is 2.16. The summed E-state index contributed by atoms with van der Waals surface area (Å²) in [5.74, 6) is 0.407. The fraction of sp³-hybridized carbons (Fsp3) is 0.300. The highest BCUT2D eigenvalue weighted by molar-refractivity contribution is 5.85. The molecule has 0 bridgehead atoms. The normalized spacial score (nSPS) is 10.9. The monoisotopic (exact) mass is 324 g/mol. The Kier molecular flexibility index (Phi) is 5.74. The lowest BCUT2D eigenvalue weighted by Gasteiger charge is -2.08. The molecule has 4 heteroatoms. The second-order valence-electron chi connectivity index (χ2n) is 6.22. The van der Waals surface area contributed by atoms with E-state index < -0.39 is 0 Å². The maximum atomic E-state index is 11.9. The average molecular weight is 324 g/mol. The first-order valence-corrected chi connectivity index (χ1v) is 7.96. The minimum Gasteiger partial charge on any atom is -0.484 e. The van der Waals surface area contributed by atoms with Gasteiger partial charge in [0, 0.05) is 5.56 Å². The van der Waals surface area contributed by atoms with Gasteiger partial charge in [-0.3, -0.25) is 4.79 Å². The van der Waals surface area contributed by atoms with Gasteiger partial charge >= 0.3 is 0 Å². The van der Waals surface area contributed by atoms with Crippen LogP contribution in [0.2, 0.25) is 0 Å². The van der Waals surface area contributed by atoms with E-state index in [0.29, 0.717) is 5.75 Å². The van der Waals surface area contributed by atoms with Crippen molar-refractivity contribution in [1.82, 2.24) is 5.43 Å². The fourth-order valence-corrected chi connectivity index (χ4v) is 2.76. The van der Waals surface area contributed by atoms with Gasteiger partial charge in [-0.05, 0) is 69.0 Å². The number of nitrogens with zero attached hydrogens (tertiary/aromatic N) is 1. The van der Waals surface area contributed by atoms with Gasteiger partial charge in [0.2, 0.25) is 0 Å². The van der Waals surface area contributed by atoms with E-state index in [0.717, 1.165) is 27.8 Å². The van der Waals surface area contributed by atoms with Crippen LogP contribution in [0.15, 0.2) is 35.4 Å². The number of hydrazone groups is 1. The lowest BCUT2D eigenvalue weighted by Crippen LogP contribution is -2.24. The summed E-state index contributed by atoms with van der Waals surface area (Å²) in [6.45, 7) is 10.1. The van der Waals surface area contributed by atoms with Gasteiger partial charge in [-0.15, -0.1) is 0 Å². The molecule has 1 amide bonds. The summed E-state index contributed by atoms with van der Waals surface area (Å²) in [5, 5.41) is 4.04. The zero-order chi connectivity index (χ0) is 17.7. The number of rotatable bonds is 5. The molecule has 0 atom stereocenters. The second kappa shape index (κ2) is 7.77. The van der Waals surface area contributed by atoms with E-state index >= 15 is 0 Å². The molecule has 0 aliphatic carbocycles. The Labute approximate surface area is 143 Å². The summed E-state index contributed by atoms with van der Waals surface area (Å²) in [7, 11) is 0. The molecule has 4 nitrogen and oxygen atoms in total. The quantitative estimate of drug-likeness (QED) is 0.672. The lowest BCUT2D eigenvalue weighted by atomic mass is 10.0. The van der Waals surface area contributed by atoms with Crippen molar-refractivity contribution < 1.29 is 9.53 Å². The summed E-state index contributed by atoms with van der Waals surface area (Å²) in [6, 6.07) is 10.1. The number of ether oxygens (including phenoxy) is 1. The van der Waals surface area contributed by atoms with Gasteiger partial charge in [0.25, 0.3) is 5.91 Å². The molecule has 2 aromatic rings. The van der Waals surface area contributed by atoms with Crippen molar-refractivity contribution in [2.75, 3.05) is 6.61 Å². The minimum absolute atomic E-state index is 0.0634. The Bertz CT molecular complexity index is 736. The van der Waals surface area contributed by atoms with E-state index in [1.54, 1.807) is 6.21 Å². The highest BCUT2D eigenvalue weighted by atomic mass is 16.5. The number of benzene rings is 2. The topological polar surface area (TPSA) is 50.7 Å². The van der Waals surface area contributed by atoms with E-state index in [2.05, 4.69) is 35.7 Å². The Hall–Kier alpha value is -2.62. The van der Waals surface area contributed by atoms with Crippen LogP contribution in [0.3, 0.4) is 0 Å². The Morgan fingerprint density at radius 2 is 1.50 bits per heavy atom. The van der Waals surface area contributed by atoms with Crippen molar-refractivity contribution in [3.05, 3.63) is 63.7 Å². The lowest BCUT2D eigenvalue weighted by molar-refractivity contribution is -0.123. The molecule has 0 aromatic heterocycles. The smallest absolute Gasteiger partial charge is 0.277 e. The molecule has 0 aliphatic heterocycles. The van der Waals surface area contributed by atoms with Crippen molar-refractivity contribution in [1.29, 1.82) is 0 Å². The Morgan fingerprint density at radius 3 is 2.08 bits per heavy atom. The van der Waals surface area contributed by atoms with E-state index in [4.69, 9.17) is 4.74 Å². The Balaban J connectivity index is 1.91. The molecule has 2 rings (SSSR count). The summed E-state index contributed by atoms with van der Waals surface area (Å²) < 4.78 is 5.51. The van der Waals surface area contributed by atoms with Gasteiger partial charge < -0.3 is 4.74 Å². The number of amides is 1. The van der Waals surface area contributed by atoms with Crippen LogP contribution >= 0.6 is 0 Å². The summed E-state index contributed by atoms with van der Waals surface area (Å²) in [6.07, 6.45) is 1.68. The third kappa shape index (κ3) is 4.95. The molecular formula is C20H24N2O2. The molecule has 0 fully saturated rings. The number of carbonyl (C=O) groups is 1. The van der Waals surface area contributed by atoms with E-state index in [1.165, 1.54) is 5.56 Å². The largest absolute Gasteiger partial charge is 0.484 e. The molecule has 0 saturated carbocycles. The van der Waals surface area contributed by atoms with Gasteiger partial charge in [-0.25, -0.2) is 5.43 Å². The molecule has 0 saturated heterocycles. The summed E-state index contributed by atoms with van der Waals surface area (Å²) in [5.41, 5.74) is 9.23. The number of hydrogen-bond donors (Lipinski definition) is 1. The number of aryl methyl sites for hydroxylation is 5. The third-order valence-electron chi connectivity index (χ3n) is 3.69. The van der Waals surface area contributed by atoms with Crippen LogP contribution < -0.4 is 10.2 Å². The van der Waals surface area contributed by atoms with Crippen molar-refractivity contribution in [3.8, 4) is 5.75 Å². The number of carbonyl (C=O) groups excluding carboxylic acids is 1. The average Bonchev–Trinajstić information content (AvgIpc) is 2.47. The van der Waals surface area contributed by atoms with Gasteiger partial charge in [-0.2, -0.15) is 5.10 Å². The third-order valence-corrected chi connectivity index (χ3v) is 3.69. The van der Waals surface area contributed by atoms with Crippen LogP contribution in [0.1, 0.15) is 33.4 Å².